The fourth-order valence-electron chi connectivity index (χ4n) is 1.28. The van der Waals surface area contributed by atoms with Gasteiger partial charge in [0.1, 0.15) is 0 Å². The summed E-state index contributed by atoms with van der Waals surface area (Å²) in [5.74, 6) is -0.0679. The van der Waals surface area contributed by atoms with Crippen molar-refractivity contribution in [3.05, 3.63) is 63.8 Å². The van der Waals surface area contributed by atoms with Gasteiger partial charge in [0.15, 0.2) is 5.78 Å². The van der Waals surface area contributed by atoms with Gasteiger partial charge < -0.3 is 0 Å². The summed E-state index contributed by atoms with van der Waals surface area (Å²) in [6.45, 7) is 0. The standard InChI is InChI=1S/C13H9IN2O/c14-11-7-10(8-15-9-11)13(17)5-4-12-3-1-2-6-16-12/h1-9H/b5-4+. The fourth-order valence-corrected chi connectivity index (χ4v) is 1.77. The summed E-state index contributed by atoms with van der Waals surface area (Å²) in [6, 6.07) is 7.36. The smallest absolute Gasteiger partial charge is 0.187 e. The monoisotopic (exact) mass is 336 g/mol. The van der Waals surface area contributed by atoms with E-state index in [4.69, 9.17) is 0 Å². The average molecular weight is 336 g/mol. The number of carbonyl (C=O) groups excluding carboxylic acids is 1. The zero-order chi connectivity index (χ0) is 12.1. The molecule has 0 saturated heterocycles. The number of halogens is 1. The molecule has 2 aromatic rings. The first-order valence-corrected chi connectivity index (χ1v) is 6.07. The molecular formula is C13H9IN2O. The van der Waals surface area contributed by atoms with Gasteiger partial charge >= 0.3 is 0 Å². The largest absolute Gasteiger partial charge is 0.289 e. The predicted molar refractivity (Wildman–Crippen MR) is 74.6 cm³/mol. The molecule has 0 amide bonds. The fraction of sp³-hybridized carbons (Fsp3) is 0. The molecule has 0 aromatic carbocycles. The Labute approximate surface area is 113 Å². The van der Waals surface area contributed by atoms with E-state index in [0.29, 0.717) is 5.56 Å². The molecule has 2 rings (SSSR count). The van der Waals surface area contributed by atoms with Crippen molar-refractivity contribution in [2.75, 3.05) is 0 Å². The van der Waals surface area contributed by atoms with Crippen LogP contribution in [0.3, 0.4) is 0 Å². The van der Waals surface area contributed by atoms with Crippen molar-refractivity contribution in [1.82, 2.24) is 9.97 Å². The van der Waals surface area contributed by atoms with Gasteiger partial charge in [-0.2, -0.15) is 0 Å². The maximum atomic E-state index is 11.8. The molecular weight excluding hydrogens is 327 g/mol. The van der Waals surface area contributed by atoms with Crippen molar-refractivity contribution in [1.29, 1.82) is 0 Å². The lowest BCUT2D eigenvalue weighted by Gasteiger charge is -1.95. The van der Waals surface area contributed by atoms with Crippen LogP contribution in [0.25, 0.3) is 6.08 Å². The summed E-state index contributed by atoms with van der Waals surface area (Å²) >= 11 is 2.13. The van der Waals surface area contributed by atoms with Crippen LogP contribution in [0.15, 0.2) is 48.9 Å². The number of ketones is 1. The molecule has 0 aliphatic heterocycles. The predicted octanol–water partition coefficient (Wildman–Crippen LogP) is 2.98. The van der Waals surface area contributed by atoms with E-state index in [2.05, 4.69) is 32.6 Å². The van der Waals surface area contributed by atoms with Crippen molar-refractivity contribution in [2.45, 2.75) is 0 Å². The summed E-state index contributed by atoms with van der Waals surface area (Å²) in [5.41, 5.74) is 1.35. The molecule has 0 unspecified atom stereocenters. The van der Waals surface area contributed by atoms with E-state index < -0.39 is 0 Å². The Hall–Kier alpha value is -1.56. The normalized spacial score (nSPS) is 10.6. The summed E-state index contributed by atoms with van der Waals surface area (Å²) in [6.07, 6.45) is 8.17. The SMILES string of the molecule is O=C(/C=C/c1ccccn1)c1cncc(I)c1. The maximum Gasteiger partial charge on any atom is 0.187 e. The number of hydrogen-bond donors (Lipinski definition) is 0. The molecule has 0 saturated carbocycles. The second-order valence-electron chi connectivity index (χ2n) is 3.34. The molecule has 0 bridgehead atoms. The number of pyridine rings is 2. The van der Waals surface area contributed by atoms with E-state index in [1.807, 2.05) is 18.2 Å². The Morgan fingerprint density at radius 2 is 2.18 bits per heavy atom. The highest BCUT2D eigenvalue weighted by Crippen LogP contribution is 2.07. The van der Waals surface area contributed by atoms with E-state index in [0.717, 1.165) is 9.26 Å². The molecule has 3 nitrogen and oxygen atoms in total. The van der Waals surface area contributed by atoms with E-state index in [-0.39, 0.29) is 5.78 Å². The van der Waals surface area contributed by atoms with Gasteiger partial charge in [0.05, 0.1) is 5.69 Å². The van der Waals surface area contributed by atoms with Crippen LogP contribution in [-0.4, -0.2) is 15.8 Å². The highest BCUT2D eigenvalue weighted by atomic mass is 127. The number of hydrogen-bond acceptors (Lipinski definition) is 3. The van der Waals surface area contributed by atoms with Crippen LogP contribution in [0, 0.1) is 3.57 Å². The molecule has 0 aliphatic rings. The van der Waals surface area contributed by atoms with Gasteiger partial charge in [-0.1, -0.05) is 6.07 Å². The third-order valence-electron chi connectivity index (χ3n) is 2.08. The minimum atomic E-state index is -0.0679. The molecule has 17 heavy (non-hydrogen) atoms. The van der Waals surface area contributed by atoms with Crippen LogP contribution >= 0.6 is 22.6 Å². The maximum absolute atomic E-state index is 11.8. The molecule has 2 aromatic heterocycles. The van der Waals surface area contributed by atoms with Crippen LogP contribution in [0.4, 0.5) is 0 Å². The zero-order valence-electron chi connectivity index (χ0n) is 8.88. The molecule has 0 fully saturated rings. The Bertz CT molecular complexity index is 552. The molecule has 0 atom stereocenters. The number of allylic oxidation sites excluding steroid dienone is 1. The van der Waals surface area contributed by atoms with E-state index >= 15 is 0 Å². The van der Waals surface area contributed by atoms with Crippen molar-refractivity contribution in [3.8, 4) is 0 Å². The first-order chi connectivity index (χ1) is 8.25. The van der Waals surface area contributed by atoms with Crippen LogP contribution in [0.2, 0.25) is 0 Å². The van der Waals surface area contributed by atoms with Gasteiger partial charge in [-0.15, -0.1) is 0 Å². The second-order valence-corrected chi connectivity index (χ2v) is 4.59. The minimum absolute atomic E-state index is 0.0679. The molecule has 4 heteroatoms. The topological polar surface area (TPSA) is 42.9 Å². The summed E-state index contributed by atoms with van der Waals surface area (Å²) in [4.78, 5) is 19.9. The third kappa shape index (κ3) is 3.45. The minimum Gasteiger partial charge on any atom is -0.289 e. The molecule has 0 radical (unpaired) electrons. The third-order valence-corrected chi connectivity index (χ3v) is 2.67. The van der Waals surface area contributed by atoms with Gasteiger partial charge in [0.25, 0.3) is 0 Å². The van der Waals surface area contributed by atoms with Crippen LogP contribution < -0.4 is 0 Å². The van der Waals surface area contributed by atoms with Gasteiger partial charge in [-0.3, -0.25) is 14.8 Å². The van der Waals surface area contributed by atoms with E-state index in [1.54, 1.807) is 30.7 Å². The van der Waals surface area contributed by atoms with Crippen molar-refractivity contribution >= 4 is 34.5 Å². The number of rotatable bonds is 3. The zero-order valence-corrected chi connectivity index (χ0v) is 11.0. The molecule has 84 valence electrons. The van der Waals surface area contributed by atoms with Crippen LogP contribution in [0.5, 0.6) is 0 Å². The van der Waals surface area contributed by atoms with Crippen molar-refractivity contribution < 1.29 is 4.79 Å². The Balaban J connectivity index is 2.15. The number of nitrogens with zero attached hydrogens (tertiary/aromatic N) is 2. The lowest BCUT2D eigenvalue weighted by Crippen LogP contribution is -1.95. The second kappa shape index (κ2) is 5.67. The van der Waals surface area contributed by atoms with Crippen molar-refractivity contribution in [3.63, 3.8) is 0 Å². The number of aromatic nitrogens is 2. The molecule has 0 spiro atoms. The quantitative estimate of drug-likeness (QED) is 0.492. The molecule has 0 aliphatic carbocycles. The summed E-state index contributed by atoms with van der Waals surface area (Å²) in [7, 11) is 0. The first kappa shape index (κ1) is 11.9. The lowest BCUT2D eigenvalue weighted by molar-refractivity contribution is 0.104. The van der Waals surface area contributed by atoms with Gasteiger partial charge in [0.2, 0.25) is 0 Å². The Morgan fingerprint density at radius 3 is 2.88 bits per heavy atom. The van der Waals surface area contributed by atoms with Crippen LogP contribution in [-0.2, 0) is 0 Å². The summed E-state index contributed by atoms with van der Waals surface area (Å²) in [5, 5.41) is 0. The first-order valence-electron chi connectivity index (χ1n) is 5.00. The average Bonchev–Trinajstić information content (AvgIpc) is 2.37. The number of carbonyl (C=O) groups is 1. The van der Waals surface area contributed by atoms with Gasteiger partial charge in [-0.25, -0.2) is 0 Å². The Morgan fingerprint density at radius 1 is 1.29 bits per heavy atom. The highest BCUT2D eigenvalue weighted by molar-refractivity contribution is 14.1. The van der Waals surface area contributed by atoms with Crippen molar-refractivity contribution in [2.24, 2.45) is 0 Å². The molecule has 0 N–H and O–H groups in total. The highest BCUT2D eigenvalue weighted by Gasteiger charge is 2.02. The summed E-state index contributed by atoms with van der Waals surface area (Å²) < 4.78 is 0.944. The van der Waals surface area contributed by atoms with Gasteiger partial charge in [-0.05, 0) is 52.9 Å². The van der Waals surface area contributed by atoms with E-state index in [9.17, 15) is 4.79 Å². The molecule has 2 heterocycles. The van der Waals surface area contributed by atoms with Gasteiger partial charge in [0, 0.05) is 27.7 Å². The Kier molecular flexibility index (Phi) is 3.98. The van der Waals surface area contributed by atoms with E-state index in [1.165, 1.54) is 6.08 Å². The van der Waals surface area contributed by atoms with Crippen LogP contribution in [0.1, 0.15) is 16.1 Å². The lowest BCUT2D eigenvalue weighted by atomic mass is 10.1.